The van der Waals surface area contributed by atoms with Crippen LogP contribution in [0.3, 0.4) is 0 Å². The molecule has 1 fully saturated rings. The van der Waals surface area contributed by atoms with Gasteiger partial charge in [0.05, 0.1) is 59.7 Å². The van der Waals surface area contributed by atoms with E-state index in [4.69, 9.17) is 59.1 Å². The highest BCUT2D eigenvalue weighted by Crippen LogP contribution is 2.40. The highest BCUT2D eigenvalue weighted by atomic mass is 127. The van der Waals surface area contributed by atoms with Crippen LogP contribution in [0.1, 0.15) is 410 Å². The molecular weight excluding hydrogens is 2000 g/mol. The quantitative estimate of drug-likeness (QED) is 0.00346. The molecule has 0 bridgehead atoms. The van der Waals surface area contributed by atoms with Crippen LogP contribution in [0, 0.1) is 0 Å². The number of hydrogen-bond donors (Lipinski definition) is 5. The number of aliphatic hydroxyl groups is 2. The minimum atomic E-state index is -1.87. The van der Waals surface area contributed by atoms with E-state index >= 15 is 0 Å². The van der Waals surface area contributed by atoms with Crippen LogP contribution in [0.4, 0.5) is 4.79 Å². The van der Waals surface area contributed by atoms with Crippen molar-refractivity contribution < 1.29 is 101 Å². The lowest BCUT2D eigenvalue weighted by Gasteiger charge is -2.31. The van der Waals surface area contributed by atoms with Crippen molar-refractivity contribution in [3.63, 3.8) is 0 Å². The lowest BCUT2D eigenvalue weighted by molar-refractivity contribution is -0.172. The molecule has 10 rings (SSSR count). The van der Waals surface area contributed by atoms with E-state index in [0.29, 0.717) is 42.1 Å². The summed E-state index contributed by atoms with van der Waals surface area (Å²) in [4.78, 5) is 143. The fourth-order valence-electron chi connectivity index (χ4n) is 15.1. The smallest absolute Gasteiger partial charge is 0.481 e. The second-order valence-corrected chi connectivity index (χ2v) is 43.1. The molecule has 3 aliphatic heterocycles. The van der Waals surface area contributed by atoms with Crippen LogP contribution in [0.5, 0.6) is 5.75 Å². The first-order valence-electron chi connectivity index (χ1n) is 53.4. The second kappa shape index (κ2) is 71.8. The Bertz CT molecular complexity index is 5140. The molecule has 5 heterocycles. The van der Waals surface area contributed by atoms with Crippen molar-refractivity contribution in [1.82, 2.24) is 14.9 Å². The number of esters is 7. The molecular formula is C120H179IN6O22. The number of carbonyl (C=O) groups is 10. The van der Waals surface area contributed by atoms with E-state index in [1.54, 1.807) is 77.3 Å². The second-order valence-electron chi connectivity index (χ2n) is 42.0. The predicted octanol–water partition coefficient (Wildman–Crippen LogP) is 26.1. The number of aromatic nitrogens is 2. The van der Waals surface area contributed by atoms with Gasteiger partial charge >= 0.3 is 53.9 Å². The summed E-state index contributed by atoms with van der Waals surface area (Å²) in [6, 6.07) is 46.6. The van der Waals surface area contributed by atoms with Gasteiger partial charge < -0.3 is 68.8 Å². The van der Waals surface area contributed by atoms with Crippen LogP contribution in [0.15, 0.2) is 166 Å². The summed E-state index contributed by atoms with van der Waals surface area (Å²) in [6.07, 6.45) is 33.0. The number of fused-ring (bicyclic) bond motifs is 5. The number of nitrogens with zero attached hydrogens (tertiary/aromatic N) is 4. The Kier molecular flexibility index (Phi) is 64.6. The molecule has 7 aromatic rings. The maximum atomic E-state index is 13.2. The van der Waals surface area contributed by atoms with E-state index in [2.05, 4.69) is 72.3 Å². The summed E-state index contributed by atoms with van der Waals surface area (Å²) in [6.45, 7) is 40.4. The number of carbonyl (C=O) groups excluding carboxylic acids is 9. The number of nitrogens with two attached hydrogens (primary N) is 1. The fourth-order valence-corrected chi connectivity index (χ4v) is 15.9. The van der Waals surface area contributed by atoms with E-state index in [1.165, 1.54) is 120 Å². The molecule has 1 amide bonds. The number of hydrogen-bond acceptors (Lipinski definition) is 25. The van der Waals surface area contributed by atoms with Gasteiger partial charge in [-0.1, -0.05) is 347 Å². The van der Waals surface area contributed by atoms with Crippen molar-refractivity contribution in [2.24, 2.45) is 15.7 Å². The molecule has 3 unspecified atom stereocenters. The number of carboxylic acid groups (broad SMARTS) is 1. The van der Waals surface area contributed by atoms with E-state index in [-0.39, 0.29) is 93.8 Å². The first-order valence-corrected chi connectivity index (χ1v) is 55.0. The summed E-state index contributed by atoms with van der Waals surface area (Å²) < 4.78 is 44.2. The molecule has 149 heavy (non-hydrogen) atoms. The summed E-state index contributed by atoms with van der Waals surface area (Å²) in [7, 11) is 0. The number of benzene rings is 5. The number of aliphatic imine (C=N–C) groups is 2. The maximum Gasteiger partial charge on any atom is 0.514 e. The van der Waals surface area contributed by atoms with E-state index < -0.39 is 93.6 Å². The summed E-state index contributed by atoms with van der Waals surface area (Å²) in [5, 5.41) is 31.1. The summed E-state index contributed by atoms with van der Waals surface area (Å²) in [5.41, 5.74) is 9.66. The Morgan fingerprint density at radius 1 is 0.503 bits per heavy atom. The summed E-state index contributed by atoms with van der Waals surface area (Å²) in [5.74, 6) is -3.99. The van der Waals surface area contributed by atoms with Gasteiger partial charge in [0.25, 0.3) is 5.56 Å². The number of halogens is 1. The fraction of sp³-hybridized carbons (Fsp3) is 0.583. The minimum absolute atomic E-state index is 0. The average Bonchev–Trinajstić information content (AvgIpc) is 1.65. The Hall–Kier alpha value is -10.9. The topological polar surface area (TPSA) is 403 Å². The number of cyclic esters (lactones) is 3. The van der Waals surface area contributed by atoms with Crippen molar-refractivity contribution in [3.8, 4) is 17.1 Å². The average molecular weight is 2180 g/mol. The molecule has 3 aliphatic rings. The molecule has 828 valence electrons. The Morgan fingerprint density at radius 2 is 0.933 bits per heavy atom. The molecule has 0 aliphatic carbocycles. The zero-order chi connectivity index (χ0) is 110. The zero-order valence-electron chi connectivity index (χ0n) is 92.6. The maximum absolute atomic E-state index is 13.2. The monoisotopic (exact) mass is 2180 g/mol. The Balaban J connectivity index is 0.000000608. The number of pyridine rings is 2. The van der Waals surface area contributed by atoms with Crippen LogP contribution in [0.2, 0.25) is 0 Å². The van der Waals surface area contributed by atoms with Crippen molar-refractivity contribution in [3.05, 3.63) is 201 Å². The molecule has 0 spiro atoms. The highest BCUT2D eigenvalue weighted by Gasteiger charge is 2.46. The van der Waals surface area contributed by atoms with Crippen molar-refractivity contribution in [1.29, 1.82) is 0 Å². The lowest BCUT2D eigenvalue weighted by atomic mass is 9.86. The van der Waals surface area contributed by atoms with Crippen molar-refractivity contribution in [2.75, 3.05) is 17.6 Å². The van der Waals surface area contributed by atoms with Crippen LogP contribution in [0.25, 0.3) is 22.3 Å². The predicted molar refractivity (Wildman–Crippen MR) is 603 cm³/mol. The standard InChI is InChI=1S/C25H24N2O7.C23H29NO2.C22H41NO5.C19H21NO2.C18H37NO2.C4H9I.C4H4O3.C4H10O.CH4/c1-5-25(31)17-10-19-20-14(11-27(19)21(28)16(17)12-32-22(25)29)8-13-9-15(6-7-18(13)26-20)33-23(30)34-24(2,3)4;1-5-6-17-20(22(25)26-23(2,3)4)24-21(18-13-9-7-10-14-18)19-15-11-8-12-16-19;1-5-6-7-8-9-10-11-12-13-14-15-18(21(27)28-22(2,3)4)23-19(24)16-17-20(25)26;1-19(2,3)22-17(21)14-20-18(15-10-6-4-7-11-15)16-12-8-5-9-13-16;1-5-6-7-8-9-10-11-12-13-14-15-16(19)17(20)21-18(2,3)4;1-2-3-4-5;5-3-1-2-4(6)7-3;1-2-3-4-5;/h6-10,31H,5,11-12H2,1-4H3;7-16,20H,5-6,17H2,1-4H3;18H,5-17H2,1-4H3,(H,23,24)(H,25,26);4-13H,14H2,1-3H3;16H,5-15,19H2,1-4H3;2-4H2,1H3;1-2H2;5H,2-4H2,1H3;1H4/t25-;;;;;;;;/m0......../s1. The minimum Gasteiger partial charge on any atom is -0.481 e. The molecule has 0 saturated carbocycles. The van der Waals surface area contributed by atoms with Gasteiger partial charge in [-0.2, -0.15) is 0 Å². The number of unbranched alkanes of at least 4 members (excludes halogenated alkanes) is 21. The van der Waals surface area contributed by atoms with Gasteiger partial charge in [-0.25, -0.2) is 24.2 Å². The van der Waals surface area contributed by atoms with Crippen LogP contribution in [-0.2, 0) is 95.1 Å². The SMILES string of the molecule is C.CC(C)(C)OC(=O)CN=C(c1ccccc1)c1ccccc1.CCCCC(N=C(c1ccccc1)c1ccccc1)C(=O)OC(C)(C)C.CCCCCCCCCCCCC(N)C(=O)OC(C)(C)C.CCCCCCCCCCCCC(NC(=O)CCC(=O)O)C(=O)OC(C)(C)C.CCCCI.CCCCO.CC[C@@]1(O)C(=O)OCc2c1cc1n(c2=O)Cc2cc3cc(OC(=O)OC(C)(C)C)ccc3nc2-1.O=C1CCC(=O)O1. The molecule has 28 nitrogen and oxygen atoms in total. The number of alkyl halides is 1. The van der Waals surface area contributed by atoms with Crippen molar-refractivity contribution >= 4 is 105 Å². The number of aliphatic carboxylic acids is 1. The van der Waals surface area contributed by atoms with E-state index in [9.17, 15) is 57.8 Å². The number of aliphatic hydroxyl groups excluding tert-OH is 1. The molecule has 0 radical (unpaired) electrons. The van der Waals surface area contributed by atoms with Gasteiger partial charge in [-0.3, -0.25) is 43.5 Å². The van der Waals surface area contributed by atoms with Crippen LogP contribution in [-0.4, -0.2) is 160 Å². The Morgan fingerprint density at radius 3 is 1.34 bits per heavy atom. The molecule has 5 aromatic carbocycles. The molecule has 6 N–H and O–H groups in total. The number of amides is 1. The number of carboxylic acids is 1. The molecule has 1 saturated heterocycles. The van der Waals surface area contributed by atoms with E-state index in [0.717, 1.165) is 102 Å². The summed E-state index contributed by atoms with van der Waals surface area (Å²) >= 11 is 2.39. The Labute approximate surface area is 902 Å². The van der Waals surface area contributed by atoms with Gasteiger partial charge in [-0.05, 0) is 177 Å². The normalized spacial score (nSPS) is 13.7. The van der Waals surface area contributed by atoms with E-state index in [1.807, 2.05) is 190 Å². The first kappa shape index (κ1) is 134. The first-order chi connectivity index (χ1) is 70.0. The molecule has 2 aromatic heterocycles. The van der Waals surface area contributed by atoms with Crippen LogP contribution >= 0.6 is 22.6 Å². The van der Waals surface area contributed by atoms with Gasteiger partial charge in [0, 0.05) is 51.8 Å². The molecule has 4 atom stereocenters. The zero-order valence-corrected chi connectivity index (χ0v) is 94.7. The van der Waals surface area contributed by atoms with Crippen molar-refractivity contribution in [2.45, 2.75) is 436 Å². The largest absolute Gasteiger partial charge is 0.514 e. The lowest BCUT2D eigenvalue weighted by Crippen LogP contribution is -2.44. The highest BCUT2D eigenvalue weighted by molar-refractivity contribution is 14.1. The number of ether oxygens (including phenoxy) is 8. The third-order valence-electron chi connectivity index (χ3n) is 22.6. The number of nitrogens with one attached hydrogen (secondary N) is 1. The third-order valence-corrected chi connectivity index (χ3v) is 23.4. The van der Waals surface area contributed by atoms with Gasteiger partial charge in [0.1, 0.15) is 65.0 Å². The van der Waals surface area contributed by atoms with Gasteiger partial charge in [0.2, 0.25) is 5.91 Å². The molecule has 29 heteroatoms. The van der Waals surface area contributed by atoms with Gasteiger partial charge in [-0.15, -0.1) is 0 Å². The number of rotatable bonds is 45. The van der Waals surface area contributed by atoms with Gasteiger partial charge in [0.15, 0.2) is 5.60 Å². The van der Waals surface area contributed by atoms with Crippen LogP contribution < -0.4 is 21.3 Å². The third kappa shape index (κ3) is 56.7.